The average molecular weight is 210 g/mol. The normalized spacial score (nSPS) is 22.0. The summed E-state index contributed by atoms with van der Waals surface area (Å²) in [5.74, 6) is -0.0618. The van der Waals surface area contributed by atoms with Crippen LogP contribution >= 0.6 is 0 Å². The van der Waals surface area contributed by atoms with Crippen LogP contribution in [0.4, 0.5) is 0 Å². The third-order valence-electron chi connectivity index (χ3n) is 2.65. The van der Waals surface area contributed by atoms with Crippen molar-refractivity contribution in [3.63, 3.8) is 0 Å². The molecule has 2 N–H and O–H groups in total. The van der Waals surface area contributed by atoms with Gasteiger partial charge in [0.2, 0.25) is 5.91 Å². The van der Waals surface area contributed by atoms with E-state index < -0.39 is 0 Å². The molecule has 15 heavy (non-hydrogen) atoms. The molecule has 1 aliphatic heterocycles. The zero-order valence-corrected chi connectivity index (χ0v) is 9.12. The van der Waals surface area contributed by atoms with Gasteiger partial charge in [-0.25, -0.2) is 0 Å². The number of hydrogen-bond donors (Lipinski definition) is 2. The first-order chi connectivity index (χ1) is 7.26. The standard InChI is InChI=1S/C10H18N4O/c1-12-9-3-2-6-14(7-9)8-10(15)13-5-4-11/h9,12H,2-3,5-8H2,1H3,(H,13,15). The highest BCUT2D eigenvalue weighted by molar-refractivity contribution is 5.78. The minimum absolute atomic E-state index is 0.0618. The Labute approximate surface area is 90.4 Å². The maximum absolute atomic E-state index is 11.3. The van der Waals surface area contributed by atoms with E-state index >= 15 is 0 Å². The van der Waals surface area contributed by atoms with Gasteiger partial charge in [-0.3, -0.25) is 9.69 Å². The van der Waals surface area contributed by atoms with E-state index in [4.69, 9.17) is 5.26 Å². The summed E-state index contributed by atoms with van der Waals surface area (Å²) in [7, 11) is 1.95. The molecule has 0 aromatic rings. The van der Waals surface area contributed by atoms with Gasteiger partial charge < -0.3 is 10.6 Å². The molecule has 0 aromatic carbocycles. The number of likely N-dealkylation sites (tertiary alicyclic amines) is 1. The number of hydrogen-bond acceptors (Lipinski definition) is 4. The van der Waals surface area contributed by atoms with E-state index in [1.165, 1.54) is 6.42 Å². The van der Waals surface area contributed by atoms with Crippen LogP contribution < -0.4 is 10.6 Å². The van der Waals surface area contributed by atoms with E-state index in [0.29, 0.717) is 12.6 Å². The molecule has 1 rings (SSSR count). The fourth-order valence-corrected chi connectivity index (χ4v) is 1.83. The number of nitrogens with zero attached hydrogens (tertiary/aromatic N) is 2. The average Bonchev–Trinajstić information content (AvgIpc) is 2.26. The van der Waals surface area contributed by atoms with Crippen molar-refractivity contribution in [1.82, 2.24) is 15.5 Å². The Kier molecular flexibility index (Phi) is 5.08. The predicted molar refractivity (Wildman–Crippen MR) is 57.1 cm³/mol. The molecule has 1 unspecified atom stereocenters. The van der Waals surface area contributed by atoms with Crippen LogP contribution in [0.15, 0.2) is 0 Å². The highest BCUT2D eigenvalue weighted by atomic mass is 16.2. The van der Waals surface area contributed by atoms with Gasteiger partial charge in [-0.2, -0.15) is 5.26 Å². The lowest BCUT2D eigenvalue weighted by molar-refractivity contribution is -0.122. The minimum atomic E-state index is -0.0618. The van der Waals surface area contributed by atoms with Gasteiger partial charge in [-0.15, -0.1) is 0 Å². The van der Waals surface area contributed by atoms with E-state index in [2.05, 4.69) is 15.5 Å². The second-order valence-corrected chi connectivity index (χ2v) is 3.80. The molecule has 0 aliphatic carbocycles. The van der Waals surface area contributed by atoms with Crippen LogP contribution in [0.2, 0.25) is 0 Å². The van der Waals surface area contributed by atoms with E-state index in [-0.39, 0.29) is 12.5 Å². The van der Waals surface area contributed by atoms with E-state index in [0.717, 1.165) is 19.5 Å². The molecule has 84 valence electrons. The molecule has 1 fully saturated rings. The highest BCUT2D eigenvalue weighted by Gasteiger charge is 2.19. The lowest BCUT2D eigenvalue weighted by Crippen LogP contribution is -2.47. The monoisotopic (exact) mass is 210 g/mol. The Hall–Kier alpha value is -1.12. The van der Waals surface area contributed by atoms with Gasteiger partial charge in [0.25, 0.3) is 0 Å². The lowest BCUT2D eigenvalue weighted by atomic mass is 10.1. The van der Waals surface area contributed by atoms with Crippen molar-refractivity contribution < 1.29 is 4.79 Å². The summed E-state index contributed by atoms with van der Waals surface area (Å²) in [6, 6.07) is 2.38. The highest BCUT2D eigenvalue weighted by Crippen LogP contribution is 2.08. The van der Waals surface area contributed by atoms with Crippen molar-refractivity contribution in [3.05, 3.63) is 0 Å². The van der Waals surface area contributed by atoms with Gasteiger partial charge in [0.1, 0.15) is 6.54 Å². The maximum Gasteiger partial charge on any atom is 0.235 e. The zero-order valence-electron chi connectivity index (χ0n) is 9.12. The number of nitrogens with one attached hydrogen (secondary N) is 2. The summed E-state index contributed by atoms with van der Waals surface area (Å²) in [5, 5.41) is 14.1. The Morgan fingerprint density at radius 2 is 2.47 bits per heavy atom. The number of rotatable bonds is 4. The Morgan fingerprint density at radius 1 is 1.67 bits per heavy atom. The predicted octanol–water partition coefficient (Wildman–Crippen LogP) is -0.690. The summed E-state index contributed by atoms with van der Waals surface area (Å²) in [5.41, 5.74) is 0. The van der Waals surface area contributed by atoms with Crippen LogP contribution in [-0.4, -0.2) is 50.1 Å². The summed E-state index contributed by atoms with van der Waals surface area (Å²) in [6.45, 7) is 2.39. The van der Waals surface area contributed by atoms with E-state index in [1.807, 2.05) is 13.1 Å². The molecule has 5 nitrogen and oxygen atoms in total. The molecule has 0 aromatic heterocycles. The van der Waals surface area contributed by atoms with Crippen molar-refractivity contribution in [2.75, 3.05) is 33.2 Å². The zero-order chi connectivity index (χ0) is 11.1. The smallest absolute Gasteiger partial charge is 0.235 e. The van der Waals surface area contributed by atoms with Crippen LogP contribution in [0.5, 0.6) is 0 Å². The number of piperidine rings is 1. The third kappa shape index (κ3) is 4.28. The van der Waals surface area contributed by atoms with Crippen molar-refractivity contribution in [3.8, 4) is 6.07 Å². The molecule has 1 saturated heterocycles. The van der Waals surface area contributed by atoms with E-state index in [9.17, 15) is 4.79 Å². The van der Waals surface area contributed by atoms with Gasteiger partial charge in [0.15, 0.2) is 0 Å². The van der Waals surface area contributed by atoms with Crippen molar-refractivity contribution in [2.45, 2.75) is 18.9 Å². The summed E-state index contributed by atoms with van der Waals surface area (Å²) in [6.07, 6.45) is 2.30. The molecule has 1 amide bonds. The lowest BCUT2D eigenvalue weighted by Gasteiger charge is -2.31. The van der Waals surface area contributed by atoms with Crippen LogP contribution in [-0.2, 0) is 4.79 Å². The van der Waals surface area contributed by atoms with Crippen LogP contribution in [0.1, 0.15) is 12.8 Å². The number of amides is 1. The Balaban J connectivity index is 2.25. The fourth-order valence-electron chi connectivity index (χ4n) is 1.83. The van der Waals surface area contributed by atoms with Gasteiger partial charge in [-0.05, 0) is 26.4 Å². The van der Waals surface area contributed by atoms with E-state index in [1.54, 1.807) is 0 Å². The molecular weight excluding hydrogens is 192 g/mol. The van der Waals surface area contributed by atoms with Gasteiger partial charge in [0.05, 0.1) is 12.6 Å². The minimum Gasteiger partial charge on any atom is -0.342 e. The molecule has 0 saturated carbocycles. The van der Waals surface area contributed by atoms with Crippen molar-refractivity contribution >= 4 is 5.91 Å². The van der Waals surface area contributed by atoms with Crippen LogP contribution in [0.25, 0.3) is 0 Å². The topological polar surface area (TPSA) is 68.2 Å². The first-order valence-corrected chi connectivity index (χ1v) is 5.29. The molecule has 5 heteroatoms. The number of carbonyl (C=O) groups is 1. The maximum atomic E-state index is 11.3. The summed E-state index contributed by atoms with van der Waals surface area (Å²) < 4.78 is 0. The summed E-state index contributed by atoms with van der Waals surface area (Å²) >= 11 is 0. The quantitative estimate of drug-likeness (QED) is 0.603. The first-order valence-electron chi connectivity index (χ1n) is 5.29. The second kappa shape index (κ2) is 6.38. The summed E-state index contributed by atoms with van der Waals surface area (Å²) in [4.78, 5) is 13.5. The SMILES string of the molecule is CNC1CCCN(CC(=O)NCC#N)C1. The van der Waals surface area contributed by atoms with Crippen molar-refractivity contribution in [2.24, 2.45) is 0 Å². The molecule has 1 heterocycles. The molecule has 0 radical (unpaired) electrons. The molecule has 0 spiro atoms. The fraction of sp³-hybridized carbons (Fsp3) is 0.800. The van der Waals surface area contributed by atoms with Gasteiger partial charge >= 0.3 is 0 Å². The number of carbonyl (C=O) groups excluding carboxylic acids is 1. The van der Waals surface area contributed by atoms with Gasteiger partial charge in [-0.1, -0.05) is 0 Å². The van der Waals surface area contributed by atoms with Gasteiger partial charge in [0, 0.05) is 12.6 Å². The molecule has 1 aliphatic rings. The number of nitriles is 1. The molecular formula is C10H18N4O. The Morgan fingerprint density at radius 3 is 3.13 bits per heavy atom. The molecule has 0 bridgehead atoms. The first kappa shape index (κ1) is 12.0. The van der Waals surface area contributed by atoms with Crippen LogP contribution in [0.3, 0.4) is 0 Å². The third-order valence-corrected chi connectivity index (χ3v) is 2.65. The van der Waals surface area contributed by atoms with Crippen LogP contribution in [0, 0.1) is 11.3 Å². The second-order valence-electron chi connectivity index (χ2n) is 3.80. The molecule has 1 atom stereocenters. The number of likely N-dealkylation sites (N-methyl/N-ethyl adjacent to an activating group) is 1. The van der Waals surface area contributed by atoms with Crippen molar-refractivity contribution in [1.29, 1.82) is 5.26 Å². The Bertz CT molecular complexity index is 248. The largest absolute Gasteiger partial charge is 0.342 e.